The lowest BCUT2D eigenvalue weighted by molar-refractivity contribution is 0.174. The first kappa shape index (κ1) is 8.35. The van der Waals surface area contributed by atoms with Crippen LogP contribution in [-0.2, 0) is 0 Å². The van der Waals surface area contributed by atoms with Crippen molar-refractivity contribution in [2.24, 2.45) is 0 Å². The fourth-order valence-electron chi connectivity index (χ4n) is 1.58. The molecule has 4 nitrogen and oxygen atoms in total. The maximum atomic E-state index is 11.6. The van der Waals surface area contributed by atoms with Gasteiger partial charge >= 0.3 is 0 Å². The first-order valence-electron chi connectivity index (χ1n) is 4.50. The molecule has 15 heavy (non-hydrogen) atoms. The van der Waals surface area contributed by atoms with Gasteiger partial charge in [0.15, 0.2) is 16.9 Å². The summed E-state index contributed by atoms with van der Waals surface area (Å²) in [6.45, 7) is 1.89. The highest BCUT2D eigenvalue weighted by molar-refractivity contribution is 5.80. The van der Waals surface area contributed by atoms with Crippen LogP contribution in [0.15, 0.2) is 21.3 Å². The summed E-state index contributed by atoms with van der Waals surface area (Å²) in [4.78, 5) is 11.6. The van der Waals surface area contributed by atoms with Gasteiger partial charge in [0.05, 0.1) is 5.39 Å². The van der Waals surface area contributed by atoms with Gasteiger partial charge in [-0.2, -0.15) is 0 Å². The number of ether oxygens (including phenoxy) is 2. The molecule has 0 fully saturated rings. The van der Waals surface area contributed by atoms with E-state index < -0.39 is 0 Å². The van der Waals surface area contributed by atoms with Crippen LogP contribution in [0.25, 0.3) is 11.0 Å². The third-order valence-electron chi connectivity index (χ3n) is 2.24. The molecule has 3 rings (SSSR count). The highest BCUT2D eigenvalue weighted by atomic mass is 16.7. The molecule has 1 aliphatic rings. The minimum atomic E-state index is -0.118. The normalized spacial score (nSPS) is 13.4. The van der Waals surface area contributed by atoms with E-state index in [0.29, 0.717) is 28.2 Å². The van der Waals surface area contributed by atoms with Gasteiger partial charge in [0.25, 0.3) is 0 Å². The zero-order valence-electron chi connectivity index (χ0n) is 7.99. The van der Waals surface area contributed by atoms with E-state index in [2.05, 4.69) is 6.07 Å². The smallest absolute Gasteiger partial charge is 0.231 e. The molecular weight excluding hydrogens is 196 g/mol. The lowest BCUT2D eigenvalue weighted by atomic mass is 10.2. The Balaban J connectivity index is 2.43. The van der Waals surface area contributed by atoms with Gasteiger partial charge in [0.1, 0.15) is 11.3 Å². The second kappa shape index (κ2) is 2.76. The fourth-order valence-corrected chi connectivity index (χ4v) is 1.58. The van der Waals surface area contributed by atoms with Gasteiger partial charge in [0.2, 0.25) is 6.79 Å². The van der Waals surface area contributed by atoms with Crippen molar-refractivity contribution in [3.63, 3.8) is 0 Å². The van der Waals surface area contributed by atoms with Gasteiger partial charge in [0, 0.05) is 18.2 Å². The molecule has 1 aromatic heterocycles. The molecule has 75 valence electrons. The molecule has 0 saturated heterocycles. The zero-order chi connectivity index (χ0) is 10.4. The number of fused-ring (bicyclic) bond motifs is 2. The van der Waals surface area contributed by atoms with Crippen LogP contribution >= 0.6 is 0 Å². The van der Waals surface area contributed by atoms with Crippen LogP contribution in [0.2, 0.25) is 0 Å². The lowest BCUT2D eigenvalue weighted by Crippen LogP contribution is -2.00. The Bertz CT molecular complexity index is 597. The second-order valence-corrected chi connectivity index (χ2v) is 3.33. The van der Waals surface area contributed by atoms with Gasteiger partial charge in [-0.1, -0.05) is 0 Å². The van der Waals surface area contributed by atoms with E-state index in [0.717, 1.165) is 0 Å². The molecule has 4 heteroatoms. The van der Waals surface area contributed by atoms with Gasteiger partial charge < -0.3 is 13.9 Å². The molecule has 0 atom stereocenters. The van der Waals surface area contributed by atoms with Crippen LogP contribution in [0.1, 0.15) is 5.76 Å². The molecule has 0 aliphatic carbocycles. The molecule has 1 aliphatic heterocycles. The number of hydrogen-bond acceptors (Lipinski definition) is 4. The van der Waals surface area contributed by atoms with E-state index >= 15 is 0 Å². The Kier molecular flexibility index (Phi) is 1.54. The molecule has 0 amide bonds. The predicted molar refractivity (Wildman–Crippen MR) is 52.2 cm³/mol. The number of rotatable bonds is 0. The molecule has 1 radical (unpaired) electrons. The average molecular weight is 203 g/mol. The summed E-state index contributed by atoms with van der Waals surface area (Å²) >= 11 is 0. The monoisotopic (exact) mass is 203 g/mol. The van der Waals surface area contributed by atoms with Gasteiger partial charge in [-0.05, 0) is 6.92 Å². The van der Waals surface area contributed by atoms with Crippen molar-refractivity contribution < 1.29 is 13.9 Å². The zero-order valence-corrected chi connectivity index (χ0v) is 7.99. The lowest BCUT2D eigenvalue weighted by Gasteiger charge is -1.99. The summed E-state index contributed by atoms with van der Waals surface area (Å²) in [5.41, 5.74) is 0.358. The van der Waals surface area contributed by atoms with Crippen LogP contribution in [0.4, 0.5) is 0 Å². The summed E-state index contributed by atoms with van der Waals surface area (Å²) in [5.74, 6) is 1.61. The average Bonchev–Trinajstić information content (AvgIpc) is 2.61. The molecule has 0 saturated carbocycles. The Labute approximate surface area is 85.0 Å². The minimum absolute atomic E-state index is 0.118. The molecule has 0 spiro atoms. The number of aryl methyl sites for hydroxylation is 1. The Hall–Kier alpha value is -1.97. The molecule has 1 aromatic carbocycles. The third kappa shape index (κ3) is 1.18. The topological polar surface area (TPSA) is 48.7 Å². The summed E-state index contributed by atoms with van der Waals surface area (Å²) in [6.07, 6.45) is 0. The summed E-state index contributed by atoms with van der Waals surface area (Å²) in [6, 6.07) is 5.94. The van der Waals surface area contributed by atoms with Crippen molar-refractivity contribution in [2.45, 2.75) is 6.92 Å². The number of hydrogen-bond donors (Lipinski definition) is 0. The van der Waals surface area contributed by atoms with E-state index in [-0.39, 0.29) is 12.2 Å². The van der Waals surface area contributed by atoms with Crippen molar-refractivity contribution in [3.8, 4) is 11.5 Å². The van der Waals surface area contributed by atoms with E-state index in [1.54, 1.807) is 13.0 Å². The fraction of sp³-hybridized carbons (Fsp3) is 0.182. The van der Waals surface area contributed by atoms with Crippen LogP contribution in [0, 0.1) is 13.0 Å². The quantitative estimate of drug-likeness (QED) is 0.652. The van der Waals surface area contributed by atoms with Crippen LogP contribution < -0.4 is 14.9 Å². The van der Waals surface area contributed by atoms with Crippen LogP contribution in [0.3, 0.4) is 0 Å². The standard InChI is InChI=1S/C11H7O4/c1-6-2-8(12)7-3-10-11(14-5-13-10)4-9(7)15-6/h2,4H,5H2,1H3. The van der Waals surface area contributed by atoms with E-state index in [9.17, 15) is 4.79 Å². The Morgan fingerprint density at radius 1 is 1.33 bits per heavy atom. The summed E-state index contributed by atoms with van der Waals surface area (Å²) in [7, 11) is 0. The SMILES string of the molecule is Cc1cc(=O)c2[c]c3c(cc2o1)OCO3. The van der Waals surface area contributed by atoms with Crippen molar-refractivity contribution in [1.29, 1.82) is 0 Å². The molecule has 0 unspecified atom stereocenters. The Morgan fingerprint density at radius 2 is 2.20 bits per heavy atom. The highest BCUT2D eigenvalue weighted by Gasteiger charge is 2.16. The number of benzene rings is 1. The van der Waals surface area contributed by atoms with Crippen LogP contribution in [-0.4, -0.2) is 6.79 Å². The van der Waals surface area contributed by atoms with Crippen LogP contribution in [0.5, 0.6) is 11.5 Å². The van der Waals surface area contributed by atoms with E-state index in [1.165, 1.54) is 6.07 Å². The van der Waals surface area contributed by atoms with Crippen molar-refractivity contribution in [1.82, 2.24) is 0 Å². The summed E-state index contributed by atoms with van der Waals surface area (Å²) < 4.78 is 15.7. The maximum Gasteiger partial charge on any atom is 0.231 e. The van der Waals surface area contributed by atoms with Gasteiger partial charge in [-0.25, -0.2) is 0 Å². The molecule has 0 N–H and O–H groups in total. The largest absolute Gasteiger partial charge is 0.461 e. The van der Waals surface area contributed by atoms with Gasteiger partial charge in [-0.15, -0.1) is 0 Å². The third-order valence-corrected chi connectivity index (χ3v) is 2.24. The molecular formula is C11H7O4. The predicted octanol–water partition coefficient (Wildman–Crippen LogP) is 1.63. The molecule has 0 bridgehead atoms. The first-order chi connectivity index (χ1) is 7.24. The van der Waals surface area contributed by atoms with Crippen molar-refractivity contribution in [3.05, 3.63) is 34.2 Å². The van der Waals surface area contributed by atoms with Crippen molar-refractivity contribution >= 4 is 11.0 Å². The summed E-state index contributed by atoms with van der Waals surface area (Å²) in [5, 5.41) is 0.393. The van der Waals surface area contributed by atoms with Gasteiger partial charge in [-0.3, -0.25) is 4.79 Å². The van der Waals surface area contributed by atoms with E-state index in [1.807, 2.05) is 0 Å². The first-order valence-corrected chi connectivity index (χ1v) is 4.50. The van der Waals surface area contributed by atoms with Crippen molar-refractivity contribution in [2.75, 3.05) is 6.79 Å². The second-order valence-electron chi connectivity index (χ2n) is 3.33. The van der Waals surface area contributed by atoms with E-state index in [4.69, 9.17) is 13.9 Å². The molecule has 2 aromatic rings. The minimum Gasteiger partial charge on any atom is -0.461 e. The Morgan fingerprint density at radius 3 is 3.07 bits per heavy atom. The molecule has 2 heterocycles. The maximum absolute atomic E-state index is 11.6. The highest BCUT2D eigenvalue weighted by Crippen LogP contribution is 2.34.